The van der Waals surface area contributed by atoms with Crippen LogP contribution in [0.1, 0.15) is 44.3 Å². The molecule has 3 atom stereocenters. The standard InChI is InChI=1S/C21H25BrN4O2/c22-20-16-7-15(8-23)28-19(16)9-24-21(20)25-13-2-4-14(5-3-13)26-10-12-1-6-18(27)17(12)11-26/h7,9,12-14,17-18,27H,1-6,10-11H2,(H,24,25). The minimum Gasteiger partial charge on any atom is -0.444 e. The van der Waals surface area contributed by atoms with Crippen molar-refractivity contribution in [2.24, 2.45) is 11.8 Å². The number of aromatic nitrogens is 1. The van der Waals surface area contributed by atoms with Crippen molar-refractivity contribution in [3.05, 3.63) is 22.5 Å². The van der Waals surface area contributed by atoms with E-state index in [0.29, 0.717) is 35.3 Å². The van der Waals surface area contributed by atoms with Gasteiger partial charge < -0.3 is 14.8 Å². The summed E-state index contributed by atoms with van der Waals surface area (Å²) in [5.74, 6) is 2.35. The minimum absolute atomic E-state index is 0.0733. The summed E-state index contributed by atoms with van der Waals surface area (Å²) in [6.07, 6.45) is 8.44. The number of likely N-dealkylation sites (tertiary alicyclic amines) is 1. The molecule has 0 radical (unpaired) electrons. The van der Waals surface area contributed by atoms with Crippen LogP contribution in [0.5, 0.6) is 0 Å². The van der Waals surface area contributed by atoms with Crippen LogP contribution >= 0.6 is 15.9 Å². The van der Waals surface area contributed by atoms with Gasteiger partial charge in [0.1, 0.15) is 11.9 Å². The number of aliphatic hydroxyl groups excluding tert-OH is 1. The highest BCUT2D eigenvalue weighted by molar-refractivity contribution is 9.10. The molecule has 3 heterocycles. The smallest absolute Gasteiger partial charge is 0.204 e. The minimum atomic E-state index is -0.0733. The normalized spacial score (nSPS) is 33.1. The highest BCUT2D eigenvalue weighted by Gasteiger charge is 2.44. The number of anilines is 1. The van der Waals surface area contributed by atoms with Crippen LogP contribution in [0.4, 0.5) is 5.82 Å². The van der Waals surface area contributed by atoms with Crippen molar-refractivity contribution in [1.82, 2.24) is 9.88 Å². The molecule has 0 spiro atoms. The summed E-state index contributed by atoms with van der Waals surface area (Å²) >= 11 is 3.62. The number of furan rings is 1. The Morgan fingerprint density at radius 2 is 2.04 bits per heavy atom. The predicted octanol–water partition coefficient (Wildman–Crippen LogP) is 3.89. The van der Waals surface area contributed by atoms with Gasteiger partial charge in [-0.2, -0.15) is 5.26 Å². The Balaban J connectivity index is 1.20. The molecule has 5 rings (SSSR count). The summed E-state index contributed by atoms with van der Waals surface area (Å²) in [6.45, 7) is 2.26. The number of rotatable bonds is 3. The first-order valence-electron chi connectivity index (χ1n) is 10.3. The second kappa shape index (κ2) is 7.33. The van der Waals surface area contributed by atoms with Gasteiger partial charge in [0.2, 0.25) is 5.76 Å². The Bertz CT molecular complexity index is 915. The van der Waals surface area contributed by atoms with Gasteiger partial charge in [-0.15, -0.1) is 0 Å². The summed E-state index contributed by atoms with van der Waals surface area (Å²) in [4.78, 5) is 7.13. The van der Waals surface area contributed by atoms with Crippen molar-refractivity contribution >= 4 is 32.7 Å². The lowest BCUT2D eigenvalue weighted by Crippen LogP contribution is -2.40. The summed E-state index contributed by atoms with van der Waals surface area (Å²) < 4.78 is 6.31. The number of nitriles is 1. The number of nitrogens with one attached hydrogen (secondary N) is 1. The van der Waals surface area contributed by atoms with Crippen LogP contribution in [0.2, 0.25) is 0 Å². The third kappa shape index (κ3) is 3.22. The summed E-state index contributed by atoms with van der Waals surface area (Å²) in [5, 5.41) is 23.7. The van der Waals surface area contributed by atoms with Crippen LogP contribution in [0.15, 0.2) is 21.2 Å². The van der Waals surface area contributed by atoms with Crippen molar-refractivity contribution in [2.75, 3.05) is 18.4 Å². The van der Waals surface area contributed by atoms with Crippen molar-refractivity contribution in [2.45, 2.75) is 56.7 Å². The molecule has 1 saturated heterocycles. The quantitative estimate of drug-likeness (QED) is 0.746. The highest BCUT2D eigenvalue weighted by atomic mass is 79.9. The van der Waals surface area contributed by atoms with Gasteiger partial charge in [0.15, 0.2) is 5.58 Å². The van der Waals surface area contributed by atoms with Crippen LogP contribution in [0.3, 0.4) is 0 Å². The molecule has 6 nitrogen and oxygen atoms in total. The van der Waals surface area contributed by atoms with Crippen molar-refractivity contribution in [1.29, 1.82) is 5.26 Å². The summed E-state index contributed by atoms with van der Waals surface area (Å²) in [6, 6.07) is 4.85. The van der Waals surface area contributed by atoms with Gasteiger partial charge in [0.25, 0.3) is 0 Å². The van der Waals surface area contributed by atoms with E-state index in [1.165, 1.54) is 25.8 Å². The van der Waals surface area contributed by atoms with E-state index in [2.05, 4.69) is 31.1 Å². The molecule has 3 fully saturated rings. The predicted molar refractivity (Wildman–Crippen MR) is 110 cm³/mol. The van der Waals surface area contributed by atoms with Gasteiger partial charge >= 0.3 is 0 Å². The topological polar surface area (TPSA) is 85.3 Å². The molecule has 0 aromatic carbocycles. The number of hydrogen-bond acceptors (Lipinski definition) is 6. The third-order valence-corrected chi connectivity index (χ3v) is 7.83. The van der Waals surface area contributed by atoms with Crippen LogP contribution in [-0.2, 0) is 0 Å². The van der Waals surface area contributed by atoms with Crippen molar-refractivity contribution in [3.8, 4) is 6.07 Å². The number of aliphatic hydroxyl groups is 1. The molecule has 1 aliphatic heterocycles. The Labute approximate surface area is 173 Å². The van der Waals surface area contributed by atoms with Gasteiger partial charge in [0.05, 0.1) is 16.8 Å². The average molecular weight is 445 g/mol. The largest absolute Gasteiger partial charge is 0.444 e. The second-order valence-corrected chi connectivity index (χ2v) is 9.39. The van der Waals surface area contributed by atoms with Gasteiger partial charge in [-0.05, 0) is 60.4 Å². The number of pyridine rings is 1. The molecule has 0 bridgehead atoms. The Kier molecular flexibility index (Phi) is 4.82. The van der Waals surface area contributed by atoms with Crippen molar-refractivity contribution in [3.63, 3.8) is 0 Å². The van der Waals surface area contributed by atoms with Crippen LogP contribution in [0, 0.1) is 23.2 Å². The lowest BCUT2D eigenvalue weighted by atomic mass is 9.90. The number of hydrogen-bond donors (Lipinski definition) is 2. The van der Waals surface area contributed by atoms with Crippen LogP contribution in [-0.4, -0.2) is 46.3 Å². The lowest BCUT2D eigenvalue weighted by molar-refractivity contribution is 0.111. The molecular formula is C21H25BrN4O2. The van der Waals surface area contributed by atoms with E-state index in [1.807, 2.05) is 6.07 Å². The number of nitrogens with zero attached hydrogens (tertiary/aromatic N) is 3. The second-order valence-electron chi connectivity index (χ2n) is 8.59. The maximum atomic E-state index is 10.2. The third-order valence-electron chi connectivity index (χ3n) is 7.03. The fraction of sp³-hybridized carbons (Fsp3) is 0.619. The first-order valence-corrected chi connectivity index (χ1v) is 11.1. The number of fused-ring (bicyclic) bond motifs is 2. The fourth-order valence-corrected chi connectivity index (χ4v) is 6.01. The van der Waals surface area contributed by atoms with E-state index in [0.717, 1.165) is 41.5 Å². The number of halogens is 1. The van der Waals surface area contributed by atoms with E-state index in [-0.39, 0.29) is 6.10 Å². The zero-order valence-electron chi connectivity index (χ0n) is 15.8. The van der Waals surface area contributed by atoms with Crippen molar-refractivity contribution < 1.29 is 9.52 Å². The van der Waals surface area contributed by atoms with E-state index >= 15 is 0 Å². The maximum Gasteiger partial charge on any atom is 0.204 e. The zero-order chi connectivity index (χ0) is 19.3. The molecule has 7 heteroatoms. The SMILES string of the molecule is N#Cc1cc2c(Br)c(NC3CCC(N4CC5CCC(O)C5C4)CC3)ncc2o1. The molecule has 3 unspecified atom stereocenters. The molecule has 0 amide bonds. The lowest BCUT2D eigenvalue weighted by Gasteiger charge is -2.35. The molecule has 148 valence electrons. The molecule has 2 aromatic heterocycles. The molecular weight excluding hydrogens is 420 g/mol. The highest BCUT2D eigenvalue weighted by Crippen LogP contribution is 2.41. The van der Waals surface area contributed by atoms with Crippen LogP contribution in [0.25, 0.3) is 11.0 Å². The maximum absolute atomic E-state index is 10.2. The van der Waals surface area contributed by atoms with E-state index in [9.17, 15) is 5.11 Å². The van der Waals surface area contributed by atoms with E-state index < -0.39 is 0 Å². The first kappa shape index (κ1) is 18.4. The molecule has 28 heavy (non-hydrogen) atoms. The first-order chi connectivity index (χ1) is 13.6. The van der Waals surface area contributed by atoms with Gasteiger partial charge in [0, 0.05) is 42.5 Å². The fourth-order valence-electron chi connectivity index (χ4n) is 5.48. The Hall–Kier alpha value is -1.62. The van der Waals surface area contributed by atoms with Gasteiger partial charge in [-0.1, -0.05) is 0 Å². The summed E-state index contributed by atoms with van der Waals surface area (Å²) in [7, 11) is 0. The monoisotopic (exact) mass is 444 g/mol. The van der Waals surface area contributed by atoms with Gasteiger partial charge in [-0.25, -0.2) is 4.98 Å². The van der Waals surface area contributed by atoms with Gasteiger partial charge in [-0.3, -0.25) is 4.90 Å². The van der Waals surface area contributed by atoms with Crippen LogP contribution < -0.4 is 5.32 Å². The zero-order valence-corrected chi connectivity index (χ0v) is 17.4. The summed E-state index contributed by atoms with van der Waals surface area (Å²) in [5.41, 5.74) is 0.624. The van der Waals surface area contributed by atoms with E-state index in [4.69, 9.17) is 9.68 Å². The molecule has 2 N–H and O–H groups in total. The Morgan fingerprint density at radius 3 is 2.79 bits per heavy atom. The molecule has 2 aromatic rings. The van der Waals surface area contributed by atoms with E-state index in [1.54, 1.807) is 12.3 Å². The molecule has 2 aliphatic carbocycles. The molecule has 3 aliphatic rings. The average Bonchev–Trinajstić information content (AvgIpc) is 3.40. The molecule has 2 saturated carbocycles. The Morgan fingerprint density at radius 1 is 1.21 bits per heavy atom.